The van der Waals surface area contributed by atoms with Gasteiger partial charge < -0.3 is 10.0 Å². The quantitative estimate of drug-likeness (QED) is 0.627. The van der Waals surface area contributed by atoms with E-state index in [-0.39, 0.29) is 18.8 Å². The van der Waals surface area contributed by atoms with Gasteiger partial charge in [0.25, 0.3) is 12.1 Å². The smallest absolute Gasteiger partial charge is 0.274 e. The summed E-state index contributed by atoms with van der Waals surface area (Å²) in [5, 5.41) is 19.6. The van der Waals surface area contributed by atoms with Crippen LogP contribution in [0.5, 0.6) is 0 Å². The Morgan fingerprint density at radius 1 is 1.50 bits per heavy atom. The molecule has 0 radical (unpaired) electrons. The summed E-state index contributed by atoms with van der Waals surface area (Å²) < 4.78 is 24.8. The third-order valence-corrected chi connectivity index (χ3v) is 2.48. The highest BCUT2D eigenvalue weighted by atomic mass is 19.3. The van der Waals surface area contributed by atoms with Crippen LogP contribution in [0.2, 0.25) is 0 Å². The molecule has 0 amide bonds. The molecule has 0 aliphatic heterocycles. The molecule has 7 heteroatoms. The van der Waals surface area contributed by atoms with Crippen molar-refractivity contribution in [2.24, 2.45) is 0 Å². The number of hydrogen-bond donors (Lipinski definition) is 1. The van der Waals surface area contributed by atoms with Crippen LogP contribution in [0, 0.1) is 17.0 Å². The second kappa shape index (κ2) is 6.25. The molecule has 0 heterocycles. The number of nitrogens with zero attached hydrogens (tertiary/aromatic N) is 2. The largest absolute Gasteiger partial charge is 0.395 e. The number of rotatable bonds is 6. The van der Waals surface area contributed by atoms with Crippen molar-refractivity contribution >= 4 is 11.4 Å². The zero-order valence-electron chi connectivity index (χ0n) is 9.84. The standard InChI is InChI=1S/C11H14F2N2O3/c1-8-2-3-9(6-10(8)15(17)18)14(4-5-16)7-11(12)13/h2-3,6,11,16H,4-5,7H2,1H3. The van der Waals surface area contributed by atoms with E-state index in [0.29, 0.717) is 11.3 Å². The molecule has 0 unspecified atom stereocenters. The van der Waals surface area contributed by atoms with E-state index in [4.69, 9.17) is 5.11 Å². The lowest BCUT2D eigenvalue weighted by atomic mass is 10.1. The summed E-state index contributed by atoms with van der Waals surface area (Å²) >= 11 is 0. The minimum atomic E-state index is -2.57. The molecule has 0 bridgehead atoms. The van der Waals surface area contributed by atoms with Crippen molar-refractivity contribution in [3.05, 3.63) is 33.9 Å². The maximum atomic E-state index is 12.4. The Hall–Kier alpha value is -1.76. The number of nitro groups is 1. The number of aryl methyl sites for hydroxylation is 1. The van der Waals surface area contributed by atoms with Crippen LogP contribution in [-0.4, -0.2) is 36.2 Å². The van der Waals surface area contributed by atoms with E-state index in [9.17, 15) is 18.9 Å². The number of nitro benzene ring substituents is 1. The number of alkyl halides is 2. The summed E-state index contributed by atoms with van der Waals surface area (Å²) in [4.78, 5) is 11.4. The molecule has 0 aromatic heterocycles. The lowest BCUT2D eigenvalue weighted by molar-refractivity contribution is -0.385. The Kier molecular flexibility index (Phi) is 4.96. The van der Waals surface area contributed by atoms with Crippen LogP contribution >= 0.6 is 0 Å². The van der Waals surface area contributed by atoms with E-state index >= 15 is 0 Å². The van der Waals surface area contributed by atoms with E-state index in [1.54, 1.807) is 6.92 Å². The SMILES string of the molecule is Cc1ccc(N(CCO)CC(F)F)cc1[N+](=O)[O-]. The third-order valence-electron chi connectivity index (χ3n) is 2.48. The monoisotopic (exact) mass is 260 g/mol. The molecule has 1 aromatic carbocycles. The number of hydrogen-bond acceptors (Lipinski definition) is 4. The summed E-state index contributed by atoms with van der Waals surface area (Å²) in [6, 6.07) is 4.27. The number of aliphatic hydroxyl groups is 1. The number of anilines is 1. The first-order valence-electron chi connectivity index (χ1n) is 5.34. The first kappa shape index (κ1) is 14.3. The van der Waals surface area contributed by atoms with E-state index in [2.05, 4.69) is 0 Å². The molecule has 0 saturated heterocycles. The molecular formula is C11H14F2N2O3. The number of halogens is 2. The first-order chi connectivity index (χ1) is 8.45. The molecule has 1 aromatic rings. The van der Waals surface area contributed by atoms with Gasteiger partial charge in [-0.25, -0.2) is 8.78 Å². The number of benzene rings is 1. The van der Waals surface area contributed by atoms with Crippen LogP contribution in [0.15, 0.2) is 18.2 Å². The maximum absolute atomic E-state index is 12.4. The van der Waals surface area contributed by atoms with Crippen LogP contribution in [0.4, 0.5) is 20.2 Å². The molecule has 1 N–H and O–H groups in total. The van der Waals surface area contributed by atoms with Crippen LogP contribution < -0.4 is 4.90 Å². The van der Waals surface area contributed by atoms with Crippen LogP contribution in [-0.2, 0) is 0 Å². The molecule has 0 aliphatic carbocycles. The van der Waals surface area contributed by atoms with Crippen molar-refractivity contribution in [3.63, 3.8) is 0 Å². The molecule has 100 valence electrons. The van der Waals surface area contributed by atoms with Crippen LogP contribution in [0.25, 0.3) is 0 Å². The molecule has 0 aliphatic rings. The summed E-state index contributed by atoms with van der Waals surface area (Å²) in [7, 11) is 0. The highest BCUT2D eigenvalue weighted by Gasteiger charge is 2.17. The van der Waals surface area contributed by atoms with Gasteiger partial charge in [0.05, 0.1) is 18.1 Å². The van der Waals surface area contributed by atoms with E-state index in [1.165, 1.54) is 23.1 Å². The van der Waals surface area contributed by atoms with Gasteiger partial charge in [-0.05, 0) is 13.0 Å². The van der Waals surface area contributed by atoms with Gasteiger partial charge >= 0.3 is 0 Å². The summed E-state index contributed by atoms with van der Waals surface area (Å²) in [6.07, 6.45) is -2.57. The molecule has 5 nitrogen and oxygen atoms in total. The molecule has 0 spiro atoms. The minimum Gasteiger partial charge on any atom is -0.395 e. The van der Waals surface area contributed by atoms with Gasteiger partial charge in [-0.1, -0.05) is 6.07 Å². The molecule has 18 heavy (non-hydrogen) atoms. The van der Waals surface area contributed by atoms with Gasteiger partial charge in [0, 0.05) is 23.9 Å². The predicted molar refractivity (Wildman–Crippen MR) is 63.1 cm³/mol. The Labute approximate surface area is 103 Å². The molecule has 0 fully saturated rings. The topological polar surface area (TPSA) is 66.6 Å². The van der Waals surface area contributed by atoms with Gasteiger partial charge in [-0.2, -0.15) is 0 Å². The normalized spacial score (nSPS) is 10.7. The Bertz CT molecular complexity index is 427. The van der Waals surface area contributed by atoms with Gasteiger partial charge in [-0.3, -0.25) is 10.1 Å². The molecule has 1 rings (SSSR count). The first-order valence-corrected chi connectivity index (χ1v) is 5.34. The van der Waals surface area contributed by atoms with Crippen molar-refractivity contribution < 1.29 is 18.8 Å². The number of aliphatic hydroxyl groups excluding tert-OH is 1. The van der Waals surface area contributed by atoms with Gasteiger partial charge in [0.1, 0.15) is 0 Å². The lowest BCUT2D eigenvalue weighted by Crippen LogP contribution is -2.31. The van der Waals surface area contributed by atoms with Crippen molar-refractivity contribution in [2.45, 2.75) is 13.3 Å². The Morgan fingerprint density at radius 3 is 2.67 bits per heavy atom. The average molecular weight is 260 g/mol. The molecular weight excluding hydrogens is 246 g/mol. The minimum absolute atomic E-state index is 0.00452. The van der Waals surface area contributed by atoms with E-state index in [0.717, 1.165) is 0 Å². The fourth-order valence-corrected chi connectivity index (χ4v) is 1.60. The lowest BCUT2D eigenvalue weighted by Gasteiger charge is -2.23. The molecule has 0 atom stereocenters. The van der Waals surface area contributed by atoms with Crippen molar-refractivity contribution in [2.75, 3.05) is 24.6 Å². The summed E-state index contributed by atoms with van der Waals surface area (Å²) in [5.74, 6) is 0. The summed E-state index contributed by atoms with van der Waals surface area (Å²) in [5.41, 5.74) is 0.649. The third kappa shape index (κ3) is 3.63. The zero-order chi connectivity index (χ0) is 13.7. The van der Waals surface area contributed by atoms with Gasteiger partial charge in [0.2, 0.25) is 0 Å². The van der Waals surface area contributed by atoms with E-state index < -0.39 is 17.9 Å². The van der Waals surface area contributed by atoms with Crippen molar-refractivity contribution in [1.82, 2.24) is 0 Å². The van der Waals surface area contributed by atoms with Gasteiger partial charge in [-0.15, -0.1) is 0 Å². The second-order valence-corrected chi connectivity index (χ2v) is 3.79. The fraction of sp³-hybridized carbons (Fsp3) is 0.455. The van der Waals surface area contributed by atoms with Crippen molar-refractivity contribution in [3.8, 4) is 0 Å². The predicted octanol–water partition coefficient (Wildman–Crippen LogP) is 1.97. The van der Waals surface area contributed by atoms with Crippen molar-refractivity contribution in [1.29, 1.82) is 0 Å². The van der Waals surface area contributed by atoms with E-state index in [1.807, 2.05) is 0 Å². The molecule has 0 saturated carbocycles. The zero-order valence-corrected chi connectivity index (χ0v) is 9.84. The Balaban J connectivity index is 3.04. The average Bonchev–Trinajstić information content (AvgIpc) is 2.28. The fourth-order valence-electron chi connectivity index (χ4n) is 1.60. The maximum Gasteiger partial charge on any atom is 0.274 e. The Morgan fingerprint density at radius 2 is 2.17 bits per heavy atom. The second-order valence-electron chi connectivity index (χ2n) is 3.79. The van der Waals surface area contributed by atoms with Crippen LogP contribution in [0.3, 0.4) is 0 Å². The van der Waals surface area contributed by atoms with Crippen LogP contribution in [0.1, 0.15) is 5.56 Å². The highest BCUT2D eigenvalue weighted by molar-refractivity contribution is 5.56. The van der Waals surface area contributed by atoms with Gasteiger partial charge in [0.15, 0.2) is 0 Å². The summed E-state index contributed by atoms with van der Waals surface area (Å²) in [6.45, 7) is 0.713. The highest BCUT2D eigenvalue weighted by Crippen LogP contribution is 2.25.